The summed E-state index contributed by atoms with van der Waals surface area (Å²) >= 11 is 2.97. The Morgan fingerprint density at radius 1 is 1.53 bits per heavy atom. The Bertz CT molecular complexity index is 465. The highest BCUT2D eigenvalue weighted by molar-refractivity contribution is 9.10. The molecular weight excluding hydrogens is 317 g/mol. The van der Waals surface area contributed by atoms with Gasteiger partial charge in [-0.3, -0.25) is 0 Å². The van der Waals surface area contributed by atoms with Gasteiger partial charge in [0.1, 0.15) is 0 Å². The Labute approximate surface area is 120 Å². The number of halogens is 2. The van der Waals surface area contributed by atoms with Crippen LogP contribution in [0.4, 0.5) is 10.1 Å². The highest BCUT2D eigenvalue weighted by Crippen LogP contribution is 2.28. The first-order valence-corrected chi connectivity index (χ1v) is 6.64. The van der Waals surface area contributed by atoms with E-state index in [2.05, 4.69) is 21.2 Å². The van der Waals surface area contributed by atoms with Crippen molar-refractivity contribution in [3.05, 3.63) is 28.0 Å². The molecule has 4 nitrogen and oxygen atoms in total. The van der Waals surface area contributed by atoms with E-state index in [4.69, 9.17) is 9.84 Å². The van der Waals surface area contributed by atoms with Crippen molar-refractivity contribution in [1.82, 2.24) is 0 Å². The van der Waals surface area contributed by atoms with Gasteiger partial charge in [0.2, 0.25) is 0 Å². The van der Waals surface area contributed by atoms with E-state index in [1.165, 1.54) is 12.1 Å². The Balaban J connectivity index is 3.02. The number of carboxylic acids is 1. The van der Waals surface area contributed by atoms with Gasteiger partial charge in [0, 0.05) is 7.11 Å². The van der Waals surface area contributed by atoms with Crippen molar-refractivity contribution in [2.24, 2.45) is 5.92 Å². The van der Waals surface area contributed by atoms with Crippen LogP contribution in [0.15, 0.2) is 16.6 Å². The van der Waals surface area contributed by atoms with Crippen LogP contribution in [0.2, 0.25) is 0 Å². The largest absolute Gasteiger partial charge is 0.478 e. The van der Waals surface area contributed by atoms with Crippen LogP contribution < -0.4 is 5.32 Å². The number of hydrogen-bond acceptors (Lipinski definition) is 3. The van der Waals surface area contributed by atoms with E-state index in [0.717, 1.165) is 0 Å². The zero-order valence-electron chi connectivity index (χ0n) is 11.0. The first kappa shape index (κ1) is 15.9. The summed E-state index contributed by atoms with van der Waals surface area (Å²) in [6, 6.07) is 2.73. The molecular formula is C13H17BrFNO3. The van der Waals surface area contributed by atoms with Crippen molar-refractivity contribution >= 4 is 27.6 Å². The minimum atomic E-state index is -1.17. The van der Waals surface area contributed by atoms with E-state index in [0.29, 0.717) is 6.61 Å². The molecule has 0 aliphatic heterocycles. The zero-order chi connectivity index (χ0) is 14.6. The second-order valence-electron chi connectivity index (χ2n) is 4.54. The molecule has 0 aliphatic rings. The Kier molecular flexibility index (Phi) is 5.75. The molecule has 106 valence electrons. The molecule has 0 saturated heterocycles. The lowest BCUT2D eigenvalue weighted by Gasteiger charge is -2.23. The van der Waals surface area contributed by atoms with Crippen LogP contribution in [0.5, 0.6) is 0 Å². The molecule has 19 heavy (non-hydrogen) atoms. The molecule has 2 N–H and O–H groups in total. The summed E-state index contributed by atoms with van der Waals surface area (Å²) in [5.41, 5.74) is 0.156. The van der Waals surface area contributed by atoms with Crippen LogP contribution in [-0.4, -0.2) is 30.8 Å². The summed E-state index contributed by atoms with van der Waals surface area (Å²) in [5, 5.41) is 11.9. The summed E-state index contributed by atoms with van der Waals surface area (Å²) in [7, 11) is 1.58. The number of nitrogens with one attached hydrogen (secondary N) is 1. The number of anilines is 1. The summed E-state index contributed by atoms with van der Waals surface area (Å²) in [5.74, 6) is -1.53. The molecule has 0 aromatic heterocycles. The molecule has 1 unspecified atom stereocenters. The molecule has 0 aliphatic carbocycles. The third-order valence-corrected chi connectivity index (χ3v) is 3.58. The molecule has 1 atom stereocenters. The average Bonchev–Trinajstić information content (AvgIpc) is 2.33. The number of hydrogen-bond donors (Lipinski definition) is 2. The second-order valence-corrected chi connectivity index (χ2v) is 5.34. The number of benzene rings is 1. The maximum absolute atomic E-state index is 14.1. The maximum Gasteiger partial charge on any atom is 0.336 e. The minimum Gasteiger partial charge on any atom is -0.478 e. The minimum absolute atomic E-state index is 0.0510. The van der Waals surface area contributed by atoms with Gasteiger partial charge in [0.05, 0.1) is 28.4 Å². The predicted octanol–water partition coefficient (Wildman–Crippen LogP) is 3.37. The van der Waals surface area contributed by atoms with Gasteiger partial charge < -0.3 is 15.2 Å². The molecule has 0 bridgehead atoms. The van der Waals surface area contributed by atoms with Crippen LogP contribution >= 0.6 is 15.9 Å². The van der Waals surface area contributed by atoms with Gasteiger partial charge in [-0.25, -0.2) is 9.18 Å². The molecule has 6 heteroatoms. The lowest BCUT2D eigenvalue weighted by Crippen LogP contribution is -2.30. The first-order chi connectivity index (χ1) is 8.88. The standard InChI is InChI=1S/C13H17BrFNO3/c1-7(2)10(6-19-3)16-9-5-4-8(13(17)18)11(14)12(9)15/h4-5,7,10,16H,6H2,1-3H3,(H,17,18). The molecule has 1 aromatic carbocycles. The SMILES string of the molecule is COCC(Nc1ccc(C(=O)O)c(Br)c1F)C(C)C. The molecule has 0 heterocycles. The van der Waals surface area contributed by atoms with Crippen molar-refractivity contribution in [1.29, 1.82) is 0 Å². The van der Waals surface area contributed by atoms with E-state index >= 15 is 0 Å². The molecule has 1 aromatic rings. The number of methoxy groups -OCH3 is 1. The fraction of sp³-hybridized carbons (Fsp3) is 0.462. The lowest BCUT2D eigenvalue weighted by atomic mass is 10.0. The van der Waals surface area contributed by atoms with Crippen LogP contribution in [0.1, 0.15) is 24.2 Å². The van der Waals surface area contributed by atoms with Gasteiger partial charge in [0.15, 0.2) is 5.82 Å². The van der Waals surface area contributed by atoms with E-state index in [9.17, 15) is 9.18 Å². The number of aromatic carboxylic acids is 1. The van der Waals surface area contributed by atoms with Crippen molar-refractivity contribution < 1.29 is 19.0 Å². The topological polar surface area (TPSA) is 58.6 Å². The molecule has 0 fully saturated rings. The Morgan fingerprint density at radius 3 is 2.63 bits per heavy atom. The van der Waals surface area contributed by atoms with Crippen LogP contribution in [0.25, 0.3) is 0 Å². The average molecular weight is 334 g/mol. The summed E-state index contributed by atoms with van der Waals surface area (Å²) in [4.78, 5) is 10.9. The van der Waals surface area contributed by atoms with Crippen LogP contribution in [-0.2, 0) is 4.74 Å². The van der Waals surface area contributed by atoms with Crippen molar-refractivity contribution in [3.8, 4) is 0 Å². The van der Waals surface area contributed by atoms with Crippen molar-refractivity contribution in [2.45, 2.75) is 19.9 Å². The monoisotopic (exact) mass is 333 g/mol. The Morgan fingerprint density at radius 2 is 2.16 bits per heavy atom. The normalized spacial score (nSPS) is 12.5. The summed E-state index contributed by atoms with van der Waals surface area (Å²) in [6.45, 7) is 4.43. The van der Waals surface area contributed by atoms with Gasteiger partial charge in [0.25, 0.3) is 0 Å². The molecule has 0 amide bonds. The van der Waals surface area contributed by atoms with Gasteiger partial charge >= 0.3 is 5.97 Å². The summed E-state index contributed by atoms with van der Waals surface area (Å²) < 4.78 is 19.1. The molecule has 0 radical (unpaired) electrons. The van der Waals surface area contributed by atoms with Gasteiger partial charge in [-0.15, -0.1) is 0 Å². The zero-order valence-corrected chi connectivity index (χ0v) is 12.6. The van der Waals surface area contributed by atoms with Gasteiger partial charge in [-0.2, -0.15) is 0 Å². The molecule has 0 saturated carbocycles. The van der Waals surface area contributed by atoms with Gasteiger partial charge in [-0.1, -0.05) is 13.8 Å². The van der Waals surface area contributed by atoms with E-state index in [1.807, 2.05) is 13.8 Å². The van der Waals surface area contributed by atoms with Crippen molar-refractivity contribution in [2.75, 3.05) is 19.0 Å². The third kappa shape index (κ3) is 3.91. The number of ether oxygens (including phenoxy) is 1. The van der Waals surface area contributed by atoms with Crippen molar-refractivity contribution in [3.63, 3.8) is 0 Å². The lowest BCUT2D eigenvalue weighted by molar-refractivity contribution is 0.0695. The fourth-order valence-corrected chi connectivity index (χ4v) is 2.12. The first-order valence-electron chi connectivity index (χ1n) is 5.85. The highest BCUT2D eigenvalue weighted by Gasteiger charge is 2.19. The molecule has 1 rings (SSSR count). The smallest absolute Gasteiger partial charge is 0.336 e. The number of rotatable bonds is 6. The highest BCUT2D eigenvalue weighted by atomic mass is 79.9. The number of carboxylic acid groups (broad SMARTS) is 1. The van der Waals surface area contributed by atoms with Gasteiger partial charge in [-0.05, 0) is 34.0 Å². The Hall–Kier alpha value is -1.14. The van der Waals surface area contributed by atoms with Crippen LogP contribution in [0.3, 0.4) is 0 Å². The predicted molar refractivity (Wildman–Crippen MR) is 75.2 cm³/mol. The molecule has 0 spiro atoms. The summed E-state index contributed by atoms with van der Waals surface area (Å²) in [6.07, 6.45) is 0. The third-order valence-electron chi connectivity index (χ3n) is 2.80. The second kappa shape index (κ2) is 6.86. The van der Waals surface area contributed by atoms with E-state index in [-0.39, 0.29) is 27.7 Å². The number of carbonyl (C=O) groups is 1. The fourth-order valence-electron chi connectivity index (χ4n) is 1.61. The van der Waals surface area contributed by atoms with E-state index < -0.39 is 11.8 Å². The van der Waals surface area contributed by atoms with Crippen LogP contribution in [0, 0.1) is 11.7 Å². The van der Waals surface area contributed by atoms with E-state index in [1.54, 1.807) is 7.11 Å². The quantitative estimate of drug-likeness (QED) is 0.837. The maximum atomic E-state index is 14.1.